The molecule has 0 atom stereocenters. The third-order valence-corrected chi connectivity index (χ3v) is 4.24. The predicted molar refractivity (Wildman–Crippen MR) is 118 cm³/mol. The molecule has 0 spiro atoms. The van der Waals surface area contributed by atoms with Gasteiger partial charge in [0.2, 0.25) is 0 Å². The summed E-state index contributed by atoms with van der Waals surface area (Å²) >= 11 is 23.7. The summed E-state index contributed by atoms with van der Waals surface area (Å²) in [6.07, 6.45) is 1.74. The second-order valence-corrected chi connectivity index (χ2v) is 6.81. The number of rotatable bonds is 8. The van der Waals surface area contributed by atoms with Crippen LogP contribution in [0.4, 0.5) is 11.4 Å². The second kappa shape index (κ2) is 11.8. The fourth-order valence-electron chi connectivity index (χ4n) is 2.36. The van der Waals surface area contributed by atoms with Crippen molar-refractivity contribution in [3.8, 4) is 5.75 Å². The number of nitrogens with zero attached hydrogens (tertiary/aromatic N) is 2. The molecule has 8 heteroatoms. The van der Waals surface area contributed by atoms with Gasteiger partial charge in [-0.25, -0.2) is 0 Å². The van der Waals surface area contributed by atoms with Gasteiger partial charge in [-0.1, -0.05) is 29.3 Å². The Kier molecular flexibility index (Phi) is 10.5. The van der Waals surface area contributed by atoms with Crippen LogP contribution in [0.2, 0.25) is 10.0 Å². The highest BCUT2D eigenvalue weighted by atomic mass is 35.5. The Morgan fingerprint density at radius 1 is 1.00 bits per heavy atom. The van der Waals surface area contributed by atoms with Gasteiger partial charge in [0.05, 0.1) is 18.5 Å². The first kappa shape index (κ1) is 23.2. The minimum Gasteiger partial charge on any atom is -0.495 e. The number of alkyl halides is 2. The van der Waals surface area contributed by atoms with E-state index >= 15 is 0 Å². The highest BCUT2D eigenvalue weighted by Crippen LogP contribution is 2.30. The van der Waals surface area contributed by atoms with E-state index < -0.39 is 0 Å². The van der Waals surface area contributed by atoms with Crippen LogP contribution in [0.1, 0.15) is 5.56 Å². The van der Waals surface area contributed by atoms with Crippen molar-refractivity contribution in [3.05, 3.63) is 52.0 Å². The Labute approximate surface area is 180 Å². The van der Waals surface area contributed by atoms with Crippen molar-refractivity contribution in [1.82, 2.24) is 0 Å². The molecule has 0 amide bonds. The van der Waals surface area contributed by atoms with Gasteiger partial charge in [0.15, 0.2) is 0 Å². The number of benzene rings is 2. The molecule has 0 heterocycles. The van der Waals surface area contributed by atoms with E-state index in [-0.39, 0.29) is 12.4 Å². The Balaban J connectivity index is 0.00000338. The molecule has 0 aliphatic rings. The first-order valence-electron chi connectivity index (χ1n) is 7.62. The average Bonchev–Trinajstić information content (AvgIpc) is 2.59. The van der Waals surface area contributed by atoms with Crippen molar-refractivity contribution in [2.75, 3.05) is 36.9 Å². The normalized spacial score (nSPS) is 10.7. The smallest absolute Gasteiger partial charge is 0.142 e. The number of methoxy groups -OCH3 is 1. The van der Waals surface area contributed by atoms with E-state index in [0.717, 1.165) is 17.0 Å². The van der Waals surface area contributed by atoms with Gasteiger partial charge < -0.3 is 9.64 Å². The van der Waals surface area contributed by atoms with Crippen LogP contribution >= 0.6 is 58.8 Å². The lowest BCUT2D eigenvalue weighted by Gasteiger charge is -2.25. The Hall–Kier alpha value is -0.840. The van der Waals surface area contributed by atoms with Crippen molar-refractivity contribution in [2.45, 2.75) is 0 Å². The second-order valence-electron chi connectivity index (χ2n) is 5.18. The van der Waals surface area contributed by atoms with Gasteiger partial charge in [-0.2, -0.15) is 0 Å². The van der Waals surface area contributed by atoms with Crippen LogP contribution in [0.25, 0.3) is 0 Å². The molecular formula is C18H19Cl5N2O. The molecule has 0 unspecified atom stereocenters. The molecular weight excluding hydrogens is 437 g/mol. The third kappa shape index (κ3) is 6.71. The molecule has 0 N–H and O–H groups in total. The topological polar surface area (TPSA) is 24.8 Å². The molecule has 0 aliphatic heterocycles. The number of hydrogen-bond acceptors (Lipinski definition) is 3. The van der Waals surface area contributed by atoms with Gasteiger partial charge in [-0.15, -0.1) is 35.6 Å². The van der Waals surface area contributed by atoms with Gasteiger partial charge in [-0.05, 0) is 35.9 Å². The van der Waals surface area contributed by atoms with E-state index in [1.54, 1.807) is 31.5 Å². The molecule has 0 saturated carbocycles. The molecule has 2 rings (SSSR count). The molecule has 142 valence electrons. The zero-order valence-electron chi connectivity index (χ0n) is 14.1. The molecule has 0 aliphatic carbocycles. The quantitative estimate of drug-likeness (QED) is 0.336. The monoisotopic (exact) mass is 454 g/mol. The van der Waals surface area contributed by atoms with E-state index in [0.29, 0.717) is 40.6 Å². The average molecular weight is 457 g/mol. The SMILES string of the molecule is COc1cc(C=Nc2cc(Cl)cc(Cl)c2)ccc1N(CCCl)CCCl.Cl. The van der Waals surface area contributed by atoms with Gasteiger partial charge in [-0.3, -0.25) is 4.99 Å². The van der Waals surface area contributed by atoms with Crippen molar-refractivity contribution in [2.24, 2.45) is 4.99 Å². The minimum absolute atomic E-state index is 0. The maximum absolute atomic E-state index is 5.99. The zero-order chi connectivity index (χ0) is 18.2. The van der Waals surface area contributed by atoms with Crippen LogP contribution in [-0.2, 0) is 0 Å². The summed E-state index contributed by atoms with van der Waals surface area (Å²) in [5.74, 6) is 1.76. The summed E-state index contributed by atoms with van der Waals surface area (Å²) in [7, 11) is 1.63. The number of hydrogen-bond donors (Lipinski definition) is 0. The molecule has 3 nitrogen and oxygen atoms in total. The Bertz CT molecular complexity index is 713. The third-order valence-electron chi connectivity index (χ3n) is 3.46. The largest absolute Gasteiger partial charge is 0.495 e. The maximum atomic E-state index is 5.99. The summed E-state index contributed by atoms with van der Waals surface area (Å²) in [6, 6.07) is 11.0. The molecule has 0 radical (unpaired) electrons. The van der Waals surface area contributed by atoms with E-state index in [9.17, 15) is 0 Å². The number of aliphatic imine (C=N–C) groups is 1. The van der Waals surface area contributed by atoms with Crippen molar-refractivity contribution in [1.29, 1.82) is 0 Å². The number of ether oxygens (including phenoxy) is 1. The maximum Gasteiger partial charge on any atom is 0.142 e. The summed E-state index contributed by atoms with van der Waals surface area (Å²) < 4.78 is 5.52. The van der Waals surface area contributed by atoms with Gasteiger partial charge in [0.1, 0.15) is 5.75 Å². The highest BCUT2D eigenvalue weighted by Gasteiger charge is 2.11. The first-order valence-corrected chi connectivity index (χ1v) is 9.45. The van der Waals surface area contributed by atoms with Crippen LogP contribution in [0, 0.1) is 0 Å². The van der Waals surface area contributed by atoms with Crippen LogP contribution < -0.4 is 9.64 Å². The molecule has 0 fully saturated rings. The fraction of sp³-hybridized carbons (Fsp3) is 0.278. The van der Waals surface area contributed by atoms with Crippen molar-refractivity contribution < 1.29 is 4.74 Å². The lowest BCUT2D eigenvalue weighted by Crippen LogP contribution is -2.28. The summed E-state index contributed by atoms with van der Waals surface area (Å²) in [5, 5.41) is 1.09. The summed E-state index contributed by atoms with van der Waals surface area (Å²) in [5.41, 5.74) is 2.53. The highest BCUT2D eigenvalue weighted by molar-refractivity contribution is 6.35. The Morgan fingerprint density at radius 2 is 1.62 bits per heavy atom. The lowest BCUT2D eigenvalue weighted by atomic mass is 10.2. The van der Waals surface area contributed by atoms with Gasteiger partial charge in [0.25, 0.3) is 0 Å². The zero-order valence-corrected chi connectivity index (χ0v) is 17.9. The molecule has 2 aromatic carbocycles. The van der Waals surface area contributed by atoms with E-state index in [1.165, 1.54) is 0 Å². The van der Waals surface area contributed by atoms with Gasteiger partial charge >= 0.3 is 0 Å². The van der Waals surface area contributed by atoms with Crippen LogP contribution in [-0.4, -0.2) is 38.2 Å². The van der Waals surface area contributed by atoms with Crippen molar-refractivity contribution >= 4 is 76.4 Å². The first-order chi connectivity index (χ1) is 12.1. The lowest BCUT2D eigenvalue weighted by molar-refractivity contribution is 0.414. The number of anilines is 1. The number of halogens is 5. The molecule has 0 bridgehead atoms. The van der Waals surface area contributed by atoms with Crippen LogP contribution in [0.3, 0.4) is 0 Å². The van der Waals surface area contributed by atoms with E-state index in [4.69, 9.17) is 51.1 Å². The van der Waals surface area contributed by atoms with Crippen molar-refractivity contribution in [3.63, 3.8) is 0 Å². The summed E-state index contributed by atoms with van der Waals surface area (Å²) in [4.78, 5) is 6.51. The van der Waals surface area contributed by atoms with E-state index in [1.807, 2.05) is 18.2 Å². The minimum atomic E-state index is 0. The molecule has 0 saturated heterocycles. The Morgan fingerprint density at radius 3 is 2.15 bits per heavy atom. The van der Waals surface area contributed by atoms with Gasteiger partial charge in [0, 0.05) is 41.1 Å². The molecule has 2 aromatic rings. The molecule has 0 aromatic heterocycles. The predicted octanol–water partition coefficient (Wildman–Crippen LogP) is 6.46. The summed E-state index contributed by atoms with van der Waals surface area (Å²) in [6.45, 7) is 1.39. The standard InChI is InChI=1S/C18H18Cl4N2O.ClH/c1-25-18-8-13(2-3-17(18)24(6-4-19)7-5-20)12-23-16-10-14(21)9-15(22)11-16;/h2-3,8-12H,4-7H2,1H3;1H. The van der Waals surface area contributed by atoms with Crippen LogP contribution in [0.15, 0.2) is 41.4 Å². The molecule has 26 heavy (non-hydrogen) atoms. The van der Waals surface area contributed by atoms with E-state index in [2.05, 4.69) is 9.89 Å². The van der Waals surface area contributed by atoms with Crippen LogP contribution in [0.5, 0.6) is 5.75 Å². The fourth-order valence-corrected chi connectivity index (χ4v) is 3.28.